The van der Waals surface area contributed by atoms with Gasteiger partial charge in [0, 0.05) is 51.1 Å². The number of unbranched alkanes of at least 4 members (excludes halogenated alkanes) is 27. The van der Waals surface area contributed by atoms with Crippen LogP contribution in [-0.2, 0) is 25.8 Å². The number of esters is 1. The fourth-order valence-corrected chi connectivity index (χ4v) is 23.3. The van der Waals surface area contributed by atoms with Gasteiger partial charge in [-0.05, 0) is 256 Å². The Kier molecular flexibility index (Phi) is 31.7. The third-order valence-corrected chi connectivity index (χ3v) is 30.4. The summed E-state index contributed by atoms with van der Waals surface area (Å²) in [6.07, 6.45) is 49.8. The Hall–Kier alpha value is -7.35. The molecule has 0 fully saturated rings. The molecule has 0 aliphatic heterocycles. The Labute approximate surface area is 713 Å². The van der Waals surface area contributed by atoms with Gasteiger partial charge in [0.15, 0.2) is 0 Å². The zero-order valence-electron chi connectivity index (χ0n) is 72.5. The summed E-state index contributed by atoms with van der Waals surface area (Å²) in [5, 5.41) is 0. The van der Waals surface area contributed by atoms with Crippen molar-refractivity contribution < 1.29 is 14.3 Å². The average molecular weight is 1600 g/mol. The van der Waals surface area contributed by atoms with Crippen LogP contribution >= 0.6 is 34.0 Å². The third kappa shape index (κ3) is 20.2. The smallest absolute Gasteiger partial charge is 0.333 e. The molecule has 0 N–H and O–H groups in total. The number of thiophene rings is 3. The summed E-state index contributed by atoms with van der Waals surface area (Å²) >= 11 is 5.90. The molecule has 7 aromatic carbocycles. The number of aryl methyl sites for hydroxylation is 1. The van der Waals surface area contributed by atoms with Crippen LogP contribution in [0.4, 0.5) is 0 Å². The van der Waals surface area contributed by atoms with Crippen LogP contribution in [0.5, 0.6) is 5.75 Å². The van der Waals surface area contributed by atoms with E-state index in [2.05, 4.69) is 225 Å². The summed E-state index contributed by atoms with van der Waals surface area (Å²) in [5.74, 6) is 0.664. The van der Waals surface area contributed by atoms with Crippen molar-refractivity contribution >= 4 is 40.0 Å². The van der Waals surface area contributed by atoms with Gasteiger partial charge in [-0.3, -0.25) is 0 Å². The fourth-order valence-electron chi connectivity index (χ4n) is 20.2. The van der Waals surface area contributed by atoms with Crippen LogP contribution in [0.15, 0.2) is 182 Å². The van der Waals surface area contributed by atoms with Gasteiger partial charge in [-0.15, -0.1) is 34.0 Å². The van der Waals surface area contributed by atoms with Gasteiger partial charge in [-0.2, -0.15) is 0 Å². The van der Waals surface area contributed by atoms with E-state index in [1.54, 1.807) is 40.3 Å². The van der Waals surface area contributed by atoms with E-state index in [1.807, 2.05) is 34.0 Å². The first-order valence-electron chi connectivity index (χ1n) is 46.6. The molecule has 0 saturated carbocycles. The molecule has 6 heteroatoms. The average Bonchev–Trinajstić information content (AvgIpc) is 1.57. The van der Waals surface area contributed by atoms with Crippen molar-refractivity contribution in [3.63, 3.8) is 0 Å². The molecule has 0 atom stereocenters. The molecule has 0 amide bonds. The summed E-state index contributed by atoms with van der Waals surface area (Å²) in [6, 6.07) is 69.1. The van der Waals surface area contributed by atoms with Gasteiger partial charge < -0.3 is 9.47 Å². The molecule has 0 spiro atoms. The first-order valence-corrected chi connectivity index (χ1v) is 49.1. The monoisotopic (exact) mass is 1600 g/mol. The molecule has 0 bridgehead atoms. The normalized spacial score (nSPS) is 13.7. The lowest BCUT2D eigenvalue weighted by molar-refractivity contribution is -0.139. The number of fused-ring (bicyclic) bond motifs is 9. The number of carbonyl (C=O) groups excluding carboxylic acids is 1. The Balaban J connectivity index is 0.755. The highest BCUT2D eigenvalue weighted by molar-refractivity contribution is 7.25. The minimum Gasteiger partial charge on any atom is -0.494 e. The zero-order chi connectivity index (χ0) is 80.7. The lowest BCUT2D eigenvalue weighted by Gasteiger charge is -2.34. The van der Waals surface area contributed by atoms with Gasteiger partial charge in [0.2, 0.25) is 0 Å². The fraction of sp³-hybridized carbons (Fsp3) is 0.482. The van der Waals surface area contributed by atoms with E-state index >= 15 is 0 Å². The minimum absolute atomic E-state index is 0.0630. The maximum Gasteiger partial charge on any atom is 0.333 e. The van der Waals surface area contributed by atoms with Gasteiger partial charge in [-0.1, -0.05) is 338 Å². The van der Waals surface area contributed by atoms with Gasteiger partial charge in [0.1, 0.15) is 5.75 Å². The van der Waals surface area contributed by atoms with Gasteiger partial charge in [0.25, 0.3) is 0 Å². The Morgan fingerprint density at radius 3 is 0.914 bits per heavy atom. The maximum atomic E-state index is 11.6. The van der Waals surface area contributed by atoms with Crippen LogP contribution in [0, 0.1) is 6.92 Å². The van der Waals surface area contributed by atoms with Gasteiger partial charge >= 0.3 is 5.97 Å². The lowest BCUT2D eigenvalue weighted by atomic mass is 9.69. The molecule has 3 aliphatic carbocycles. The molecule has 614 valence electrons. The van der Waals surface area contributed by atoms with Crippen LogP contribution in [-0.4, -0.2) is 19.2 Å². The molecular formula is C110H138O3S3. The second-order valence-electron chi connectivity index (χ2n) is 35.3. The van der Waals surface area contributed by atoms with E-state index in [0.717, 1.165) is 31.6 Å². The Bertz CT molecular complexity index is 4770. The molecule has 3 aliphatic rings. The number of carbonyl (C=O) groups is 1. The second-order valence-corrected chi connectivity index (χ2v) is 38.5. The molecule has 3 aromatic heterocycles. The van der Waals surface area contributed by atoms with Crippen molar-refractivity contribution in [3.05, 3.63) is 221 Å². The molecule has 10 aromatic rings. The van der Waals surface area contributed by atoms with Crippen LogP contribution < -0.4 is 4.74 Å². The van der Waals surface area contributed by atoms with E-state index in [1.165, 1.54) is 339 Å². The highest BCUT2D eigenvalue weighted by Crippen LogP contribution is 2.60. The Morgan fingerprint density at radius 1 is 0.284 bits per heavy atom. The molecule has 0 unspecified atom stereocenters. The number of rotatable bonds is 51. The quantitative estimate of drug-likeness (QED) is 0.0217. The predicted molar refractivity (Wildman–Crippen MR) is 506 cm³/mol. The van der Waals surface area contributed by atoms with Crippen LogP contribution in [0.3, 0.4) is 0 Å². The molecular weight excluding hydrogens is 1470 g/mol. The first kappa shape index (κ1) is 86.5. The number of hydrogen-bond acceptors (Lipinski definition) is 6. The topological polar surface area (TPSA) is 35.5 Å². The van der Waals surface area contributed by atoms with Crippen LogP contribution in [0.1, 0.15) is 344 Å². The van der Waals surface area contributed by atoms with Gasteiger partial charge in [-0.25, -0.2) is 4.79 Å². The minimum atomic E-state index is -0.280. The molecule has 3 nitrogen and oxygen atoms in total. The van der Waals surface area contributed by atoms with E-state index in [0.29, 0.717) is 12.2 Å². The number of benzene rings is 7. The summed E-state index contributed by atoms with van der Waals surface area (Å²) in [6.45, 7) is 23.1. The molecule has 3 heterocycles. The highest BCUT2D eigenvalue weighted by atomic mass is 32.1. The second kappa shape index (κ2) is 42.5. The summed E-state index contributed by atoms with van der Waals surface area (Å²) < 4.78 is 11.5. The standard InChI is InChI=1S/C110H138O3S3/c1-10-16-22-26-32-40-70-108(71-41-33-27-23-17-11-2)95-74-81(9)44-54-89(95)92-57-50-86(78-98(92)108)103-62-64-105(115-103)106-65-63-104(116-106)87-51-59-94-91-56-48-84(76-97(91)110(100(94)79-87,68-38-24-18-12-3)69-39-25-19-13-4)83-47-55-90-93-58-49-85(77-99(93)109(96(90)75-83,66-36-20-14-5)67-37-21-15-6)102-61-60-101(114-102)82-45-52-88(53-46-82)112-72-42-34-30-28-29-31-35-43-73-113-107(111)80(7)8/h44-65,74-79H,7,10-43,66-73H2,1-6,8-9H3. The molecule has 0 saturated heterocycles. The van der Waals surface area contributed by atoms with Crippen molar-refractivity contribution in [3.8, 4) is 102 Å². The van der Waals surface area contributed by atoms with E-state index < -0.39 is 0 Å². The number of ether oxygens (including phenoxy) is 2. The van der Waals surface area contributed by atoms with Crippen molar-refractivity contribution in [2.75, 3.05) is 13.2 Å². The largest absolute Gasteiger partial charge is 0.494 e. The molecule has 116 heavy (non-hydrogen) atoms. The zero-order valence-corrected chi connectivity index (χ0v) is 75.0. The summed E-state index contributed by atoms with van der Waals surface area (Å²) in [5.41, 5.74) is 28.1. The van der Waals surface area contributed by atoms with E-state index in [4.69, 9.17) is 9.47 Å². The predicted octanol–water partition coefficient (Wildman–Crippen LogP) is 35.2. The SMILES string of the molecule is C=C(C)C(=O)OCCCCCCCCCCOc1ccc(-c2ccc(-c3ccc4c(c3)C(CCCCC)(CCCCC)c3cc(-c5ccc6c(c5)C(CCCCCC)(CCCCCC)c5cc(-c7ccc(-c8ccc(-c9ccc%10c(c9)C(CCCCCCCC)(CCCCCCCC)c9cc(C)ccc9-%10)s8)s7)ccc5-6)ccc3-4)s2)cc1. The number of hydrogen-bond donors (Lipinski definition) is 0. The van der Waals surface area contributed by atoms with E-state index in [-0.39, 0.29) is 22.2 Å². The van der Waals surface area contributed by atoms with E-state index in [9.17, 15) is 4.79 Å². The Morgan fingerprint density at radius 2 is 0.543 bits per heavy atom. The lowest BCUT2D eigenvalue weighted by Crippen LogP contribution is -2.26. The molecule has 0 radical (unpaired) electrons. The van der Waals surface area contributed by atoms with Crippen molar-refractivity contribution in [2.24, 2.45) is 0 Å². The van der Waals surface area contributed by atoms with Gasteiger partial charge in [0.05, 0.1) is 13.2 Å². The maximum absolute atomic E-state index is 11.6. The third-order valence-electron chi connectivity index (χ3n) is 26.8. The van der Waals surface area contributed by atoms with Crippen LogP contribution in [0.25, 0.3) is 96.0 Å². The van der Waals surface area contributed by atoms with Crippen molar-refractivity contribution in [1.82, 2.24) is 0 Å². The molecule has 13 rings (SSSR count). The summed E-state index contributed by atoms with van der Waals surface area (Å²) in [7, 11) is 0. The van der Waals surface area contributed by atoms with Crippen LogP contribution in [0.2, 0.25) is 0 Å². The summed E-state index contributed by atoms with van der Waals surface area (Å²) in [4.78, 5) is 19.7. The first-order chi connectivity index (χ1) is 56.9. The van der Waals surface area contributed by atoms with Crippen molar-refractivity contribution in [1.29, 1.82) is 0 Å². The van der Waals surface area contributed by atoms with Crippen molar-refractivity contribution in [2.45, 2.75) is 328 Å². The highest BCUT2D eigenvalue weighted by Gasteiger charge is 2.46.